The van der Waals surface area contributed by atoms with Crippen LogP contribution in [-0.4, -0.2) is 12.1 Å². The third-order valence-corrected chi connectivity index (χ3v) is 4.94. The lowest BCUT2D eigenvalue weighted by Crippen LogP contribution is -1.85. The number of halogens is 2. The van der Waals surface area contributed by atoms with Gasteiger partial charge in [-0.1, -0.05) is 29.3 Å². The summed E-state index contributed by atoms with van der Waals surface area (Å²) in [4.78, 5) is 4.57. The van der Waals surface area contributed by atoms with E-state index in [0.717, 1.165) is 22.6 Å². The number of aromatic nitrogens is 1. The Hall–Kier alpha value is -2.32. The molecule has 2 aromatic carbocycles. The minimum absolute atomic E-state index is 0.453. The number of rotatable bonds is 4. The first-order chi connectivity index (χ1) is 12.1. The molecule has 0 fully saturated rings. The van der Waals surface area contributed by atoms with Crippen LogP contribution in [0.25, 0.3) is 22.9 Å². The molecule has 6 heteroatoms. The smallest absolute Gasteiger partial charge is 0.134 e. The molecule has 0 spiro atoms. The maximum absolute atomic E-state index is 9.50. The van der Waals surface area contributed by atoms with Crippen LogP contribution in [0.15, 0.2) is 47.8 Å². The predicted molar refractivity (Wildman–Crippen MR) is 104 cm³/mol. The van der Waals surface area contributed by atoms with Crippen LogP contribution in [0.1, 0.15) is 10.6 Å². The van der Waals surface area contributed by atoms with Gasteiger partial charge in [0.15, 0.2) is 0 Å². The summed E-state index contributed by atoms with van der Waals surface area (Å²) in [5, 5.41) is 13.1. The Morgan fingerprint density at radius 3 is 2.60 bits per heavy atom. The summed E-state index contributed by atoms with van der Waals surface area (Å²) in [6.07, 6.45) is 1.72. The zero-order chi connectivity index (χ0) is 17.8. The van der Waals surface area contributed by atoms with E-state index in [1.165, 1.54) is 11.3 Å². The van der Waals surface area contributed by atoms with Crippen molar-refractivity contribution in [1.82, 2.24) is 4.98 Å². The van der Waals surface area contributed by atoms with Crippen molar-refractivity contribution < 1.29 is 4.74 Å². The molecule has 0 radical (unpaired) electrons. The van der Waals surface area contributed by atoms with Crippen molar-refractivity contribution in [2.75, 3.05) is 7.11 Å². The largest absolute Gasteiger partial charge is 0.497 e. The van der Waals surface area contributed by atoms with Gasteiger partial charge in [0.05, 0.1) is 18.4 Å². The van der Waals surface area contributed by atoms with Crippen molar-refractivity contribution in [2.24, 2.45) is 0 Å². The van der Waals surface area contributed by atoms with Gasteiger partial charge in [0, 0.05) is 21.0 Å². The molecule has 0 saturated carbocycles. The number of ether oxygens (including phenoxy) is 1. The molecule has 0 N–H and O–H groups in total. The van der Waals surface area contributed by atoms with Crippen molar-refractivity contribution >= 4 is 46.2 Å². The third-order valence-electron chi connectivity index (χ3n) is 3.50. The van der Waals surface area contributed by atoms with E-state index in [4.69, 9.17) is 27.9 Å². The quantitative estimate of drug-likeness (QED) is 0.502. The van der Waals surface area contributed by atoms with Crippen LogP contribution in [0.3, 0.4) is 0 Å². The average Bonchev–Trinajstić information content (AvgIpc) is 3.11. The zero-order valence-electron chi connectivity index (χ0n) is 13.2. The normalized spacial score (nSPS) is 11.2. The molecular formula is C19H12Cl2N2OS. The van der Waals surface area contributed by atoms with Gasteiger partial charge in [-0.3, -0.25) is 0 Å². The molecule has 124 valence electrons. The van der Waals surface area contributed by atoms with Crippen LogP contribution in [0.5, 0.6) is 5.75 Å². The molecule has 0 saturated heterocycles. The minimum Gasteiger partial charge on any atom is -0.497 e. The second-order valence-corrected chi connectivity index (χ2v) is 6.80. The molecule has 3 nitrogen and oxygen atoms in total. The number of benzene rings is 2. The number of nitrogens with zero attached hydrogens (tertiary/aromatic N) is 2. The number of hydrogen-bond donors (Lipinski definition) is 0. The summed E-state index contributed by atoms with van der Waals surface area (Å²) < 4.78 is 5.16. The minimum atomic E-state index is 0.453. The Labute approximate surface area is 159 Å². The van der Waals surface area contributed by atoms with Crippen LogP contribution >= 0.6 is 34.5 Å². The van der Waals surface area contributed by atoms with Crippen LogP contribution < -0.4 is 4.74 Å². The molecule has 0 bridgehead atoms. The highest BCUT2D eigenvalue weighted by Crippen LogP contribution is 2.30. The molecule has 1 heterocycles. The van der Waals surface area contributed by atoms with Crippen LogP contribution in [-0.2, 0) is 0 Å². The number of allylic oxidation sites excluding steroid dienone is 1. The van der Waals surface area contributed by atoms with Crippen molar-refractivity contribution in [2.45, 2.75) is 0 Å². The summed E-state index contributed by atoms with van der Waals surface area (Å²) in [7, 11) is 1.63. The van der Waals surface area contributed by atoms with E-state index in [1.54, 1.807) is 31.4 Å². The summed E-state index contributed by atoms with van der Waals surface area (Å²) in [6.45, 7) is 0. The van der Waals surface area contributed by atoms with E-state index >= 15 is 0 Å². The first-order valence-corrected chi connectivity index (χ1v) is 8.91. The van der Waals surface area contributed by atoms with Gasteiger partial charge < -0.3 is 4.74 Å². The van der Waals surface area contributed by atoms with Gasteiger partial charge in [0.2, 0.25) is 0 Å². The van der Waals surface area contributed by atoms with Gasteiger partial charge in [-0.25, -0.2) is 4.98 Å². The highest BCUT2D eigenvalue weighted by Gasteiger charge is 2.10. The Kier molecular flexibility index (Phi) is 5.40. The zero-order valence-corrected chi connectivity index (χ0v) is 15.5. The summed E-state index contributed by atoms with van der Waals surface area (Å²) in [5.74, 6) is 0.786. The van der Waals surface area contributed by atoms with Crippen molar-refractivity contribution in [3.05, 3.63) is 68.5 Å². The maximum atomic E-state index is 9.50. The highest BCUT2D eigenvalue weighted by molar-refractivity contribution is 7.11. The van der Waals surface area contributed by atoms with Crippen LogP contribution in [0, 0.1) is 11.3 Å². The third kappa shape index (κ3) is 4.02. The van der Waals surface area contributed by atoms with Crippen molar-refractivity contribution in [3.63, 3.8) is 0 Å². The van der Waals surface area contributed by atoms with Gasteiger partial charge in [0.1, 0.15) is 16.8 Å². The standard InChI is InChI=1S/C19H12Cl2N2OS/c1-24-16-6-3-12(4-7-16)18-11-25-19(23-18)14(10-22)8-13-2-5-15(20)9-17(13)21/h2-9,11H,1H3. The van der Waals surface area contributed by atoms with Crippen molar-refractivity contribution in [3.8, 4) is 23.1 Å². The van der Waals surface area contributed by atoms with Gasteiger partial charge in [0.25, 0.3) is 0 Å². The molecular weight excluding hydrogens is 375 g/mol. The molecule has 0 aliphatic rings. The van der Waals surface area contributed by atoms with E-state index in [0.29, 0.717) is 20.6 Å². The van der Waals surface area contributed by atoms with Gasteiger partial charge >= 0.3 is 0 Å². The summed E-state index contributed by atoms with van der Waals surface area (Å²) in [5.41, 5.74) is 2.95. The van der Waals surface area contributed by atoms with E-state index in [9.17, 15) is 5.26 Å². The van der Waals surface area contributed by atoms with Crippen molar-refractivity contribution in [1.29, 1.82) is 5.26 Å². The fraction of sp³-hybridized carbons (Fsp3) is 0.0526. The lowest BCUT2D eigenvalue weighted by molar-refractivity contribution is 0.415. The Balaban J connectivity index is 1.93. The average molecular weight is 387 g/mol. The molecule has 0 atom stereocenters. The summed E-state index contributed by atoms with van der Waals surface area (Å²) >= 11 is 13.5. The molecule has 25 heavy (non-hydrogen) atoms. The molecule has 1 aromatic heterocycles. The molecule has 0 aliphatic carbocycles. The topological polar surface area (TPSA) is 45.9 Å². The second-order valence-electron chi connectivity index (χ2n) is 5.10. The maximum Gasteiger partial charge on any atom is 0.134 e. The highest BCUT2D eigenvalue weighted by atomic mass is 35.5. The first-order valence-electron chi connectivity index (χ1n) is 7.28. The van der Waals surface area contributed by atoms with Gasteiger partial charge in [-0.05, 0) is 48.0 Å². The van der Waals surface area contributed by atoms with Crippen LogP contribution in [0.4, 0.5) is 0 Å². The molecule has 3 rings (SSSR count). The fourth-order valence-corrected chi connectivity index (χ4v) is 3.47. The number of thiazole rings is 1. The SMILES string of the molecule is COc1ccc(-c2csc(C(C#N)=Cc3ccc(Cl)cc3Cl)n2)cc1. The molecule has 0 unspecified atom stereocenters. The lowest BCUT2D eigenvalue weighted by atomic mass is 10.1. The Morgan fingerprint density at radius 1 is 1.20 bits per heavy atom. The predicted octanol–water partition coefficient (Wildman–Crippen LogP) is 6.19. The van der Waals surface area contributed by atoms with Crippen LogP contribution in [0.2, 0.25) is 10.0 Å². The Morgan fingerprint density at radius 2 is 1.96 bits per heavy atom. The second kappa shape index (κ2) is 7.71. The van der Waals surface area contributed by atoms with E-state index in [2.05, 4.69) is 11.1 Å². The first kappa shape index (κ1) is 17.5. The summed E-state index contributed by atoms with van der Waals surface area (Å²) in [6, 6.07) is 15.0. The Bertz CT molecular complexity index is 972. The lowest BCUT2D eigenvalue weighted by Gasteiger charge is -2.01. The number of methoxy groups -OCH3 is 1. The number of nitriles is 1. The van der Waals surface area contributed by atoms with E-state index < -0.39 is 0 Å². The van der Waals surface area contributed by atoms with E-state index in [1.807, 2.05) is 29.6 Å². The van der Waals surface area contributed by atoms with Gasteiger partial charge in [-0.2, -0.15) is 5.26 Å². The molecule has 0 amide bonds. The number of hydrogen-bond acceptors (Lipinski definition) is 4. The fourth-order valence-electron chi connectivity index (χ4n) is 2.21. The molecule has 3 aromatic rings. The van der Waals surface area contributed by atoms with E-state index in [-0.39, 0.29) is 0 Å². The van der Waals surface area contributed by atoms with Gasteiger partial charge in [-0.15, -0.1) is 11.3 Å². The monoisotopic (exact) mass is 386 g/mol. The molecule has 0 aliphatic heterocycles.